The lowest BCUT2D eigenvalue weighted by Crippen LogP contribution is -2.44. The lowest BCUT2D eigenvalue weighted by molar-refractivity contribution is -0.123. The molecule has 0 aliphatic heterocycles. The van der Waals surface area contributed by atoms with Crippen LogP contribution in [0.4, 0.5) is 0 Å². The molecule has 1 aliphatic carbocycles. The highest BCUT2D eigenvalue weighted by Crippen LogP contribution is 2.24. The topological polar surface area (TPSA) is 98.7 Å². The maximum atomic E-state index is 11.4. The van der Waals surface area contributed by atoms with E-state index in [9.17, 15) is 4.79 Å². The fourth-order valence-electron chi connectivity index (χ4n) is 2.67. The first kappa shape index (κ1) is 13.9. The molecule has 0 spiro atoms. The second kappa shape index (κ2) is 6.10. The van der Waals surface area contributed by atoms with E-state index in [0.29, 0.717) is 6.54 Å². The number of hydrogen-bond acceptors (Lipinski definition) is 5. The van der Waals surface area contributed by atoms with Gasteiger partial charge in [0, 0.05) is 6.04 Å². The molecule has 106 valence electrons. The molecule has 2 atom stereocenters. The molecule has 7 heteroatoms. The van der Waals surface area contributed by atoms with Gasteiger partial charge in [0.05, 0.1) is 18.5 Å². The zero-order chi connectivity index (χ0) is 13.8. The Morgan fingerprint density at radius 1 is 1.47 bits per heavy atom. The van der Waals surface area contributed by atoms with Crippen molar-refractivity contribution in [2.24, 2.45) is 11.7 Å². The molecular weight excluding hydrogens is 244 g/mol. The van der Waals surface area contributed by atoms with Crippen molar-refractivity contribution in [2.45, 2.75) is 58.2 Å². The Kier molecular flexibility index (Phi) is 4.47. The number of tetrazole rings is 1. The molecular formula is C12H22N6O. The van der Waals surface area contributed by atoms with Gasteiger partial charge in [0.15, 0.2) is 5.82 Å². The van der Waals surface area contributed by atoms with Crippen molar-refractivity contribution in [3.05, 3.63) is 5.82 Å². The van der Waals surface area contributed by atoms with Crippen molar-refractivity contribution in [1.82, 2.24) is 25.5 Å². The van der Waals surface area contributed by atoms with Crippen LogP contribution in [0.25, 0.3) is 0 Å². The van der Waals surface area contributed by atoms with Crippen LogP contribution in [0.1, 0.15) is 51.4 Å². The van der Waals surface area contributed by atoms with Gasteiger partial charge < -0.3 is 11.1 Å². The Balaban J connectivity index is 1.96. The number of carbonyl (C=O) groups excluding carboxylic acids is 1. The molecule has 0 radical (unpaired) electrons. The number of amides is 1. The number of primary amides is 1. The van der Waals surface area contributed by atoms with Gasteiger partial charge in [0.25, 0.3) is 0 Å². The summed E-state index contributed by atoms with van der Waals surface area (Å²) in [5, 5.41) is 15.1. The van der Waals surface area contributed by atoms with Gasteiger partial charge in [0.2, 0.25) is 5.91 Å². The summed E-state index contributed by atoms with van der Waals surface area (Å²) < 4.78 is 1.79. The normalized spacial score (nSPS) is 23.7. The van der Waals surface area contributed by atoms with Crippen molar-refractivity contribution in [3.8, 4) is 0 Å². The van der Waals surface area contributed by atoms with E-state index in [4.69, 9.17) is 5.73 Å². The number of nitrogens with zero attached hydrogens (tertiary/aromatic N) is 4. The summed E-state index contributed by atoms with van der Waals surface area (Å²) in [5.74, 6) is 0.515. The van der Waals surface area contributed by atoms with E-state index >= 15 is 0 Å². The smallest absolute Gasteiger partial charge is 0.222 e. The van der Waals surface area contributed by atoms with E-state index < -0.39 is 0 Å². The van der Waals surface area contributed by atoms with Crippen molar-refractivity contribution >= 4 is 5.91 Å². The molecule has 1 heterocycles. The van der Waals surface area contributed by atoms with E-state index in [1.54, 1.807) is 4.68 Å². The average Bonchev–Trinajstić information content (AvgIpc) is 2.85. The highest BCUT2D eigenvalue weighted by molar-refractivity contribution is 5.77. The number of carbonyl (C=O) groups is 1. The van der Waals surface area contributed by atoms with Crippen LogP contribution in [-0.2, 0) is 11.3 Å². The van der Waals surface area contributed by atoms with E-state index in [0.717, 1.165) is 31.5 Å². The van der Waals surface area contributed by atoms with Gasteiger partial charge in [-0.25, -0.2) is 4.68 Å². The first-order chi connectivity index (χ1) is 9.09. The van der Waals surface area contributed by atoms with Crippen molar-refractivity contribution in [2.75, 3.05) is 0 Å². The van der Waals surface area contributed by atoms with Crippen LogP contribution >= 0.6 is 0 Å². The first-order valence-corrected chi connectivity index (χ1v) is 6.89. The van der Waals surface area contributed by atoms with Crippen LogP contribution in [0.3, 0.4) is 0 Å². The predicted octanol–water partition coefficient (Wildman–Crippen LogP) is 0.388. The molecule has 3 N–H and O–H groups in total. The highest BCUT2D eigenvalue weighted by atomic mass is 16.1. The summed E-state index contributed by atoms with van der Waals surface area (Å²) in [6, 6.07) is 0.369. The number of rotatable bonds is 5. The van der Waals surface area contributed by atoms with Gasteiger partial charge in [-0.2, -0.15) is 0 Å². The minimum Gasteiger partial charge on any atom is -0.369 e. The van der Waals surface area contributed by atoms with E-state index in [-0.39, 0.29) is 23.9 Å². The van der Waals surface area contributed by atoms with Crippen LogP contribution < -0.4 is 11.1 Å². The van der Waals surface area contributed by atoms with E-state index in [1.165, 1.54) is 0 Å². The molecule has 1 amide bonds. The average molecular weight is 266 g/mol. The molecule has 0 unspecified atom stereocenters. The summed E-state index contributed by atoms with van der Waals surface area (Å²) in [5.41, 5.74) is 5.46. The zero-order valence-electron chi connectivity index (χ0n) is 11.5. The third kappa shape index (κ3) is 3.28. The second-order valence-corrected chi connectivity index (χ2v) is 5.41. The summed E-state index contributed by atoms with van der Waals surface area (Å²) in [6.45, 7) is 4.64. The minimum atomic E-state index is -0.208. The molecule has 1 aromatic rings. The molecule has 19 heavy (non-hydrogen) atoms. The number of nitrogens with two attached hydrogens (primary N) is 1. The predicted molar refractivity (Wildman–Crippen MR) is 70.0 cm³/mol. The quantitative estimate of drug-likeness (QED) is 0.803. The maximum absolute atomic E-state index is 11.4. The lowest BCUT2D eigenvalue weighted by Gasteiger charge is -2.30. The Hall–Kier alpha value is -1.50. The molecule has 0 saturated heterocycles. The molecule has 1 saturated carbocycles. The van der Waals surface area contributed by atoms with Gasteiger partial charge in [0.1, 0.15) is 0 Å². The van der Waals surface area contributed by atoms with E-state index in [1.807, 2.05) is 13.8 Å². The molecule has 0 aromatic carbocycles. The fourth-order valence-corrected chi connectivity index (χ4v) is 2.67. The fraction of sp³-hybridized carbons (Fsp3) is 0.833. The van der Waals surface area contributed by atoms with Crippen molar-refractivity contribution in [3.63, 3.8) is 0 Å². The Bertz CT molecular complexity index is 430. The van der Waals surface area contributed by atoms with Crippen LogP contribution in [0.15, 0.2) is 0 Å². The third-order valence-electron chi connectivity index (χ3n) is 3.70. The maximum Gasteiger partial charge on any atom is 0.222 e. The highest BCUT2D eigenvalue weighted by Gasteiger charge is 2.29. The number of nitrogens with one attached hydrogen (secondary N) is 1. The number of hydrogen-bond donors (Lipinski definition) is 2. The summed E-state index contributed by atoms with van der Waals surface area (Å²) in [7, 11) is 0. The van der Waals surface area contributed by atoms with Crippen LogP contribution in [0.5, 0.6) is 0 Å². The molecule has 1 aromatic heterocycles. The molecule has 1 fully saturated rings. The molecule has 2 rings (SSSR count). The van der Waals surface area contributed by atoms with Crippen molar-refractivity contribution < 1.29 is 4.79 Å². The van der Waals surface area contributed by atoms with Crippen LogP contribution in [-0.4, -0.2) is 32.2 Å². The first-order valence-electron chi connectivity index (χ1n) is 6.89. The SMILES string of the molecule is CC(C)n1nnnc1CN[C@H]1CCCC[C@H]1C(N)=O. The monoisotopic (exact) mass is 266 g/mol. The van der Waals surface area contributed by atoms with Gasteiger partial charge >= 0.3 is 0 Å². The minimum absolute atomic E-state index is 0.0721. The van der Waals surface area contributed by atoms with Gasteiger partial charge in [-0.3, -0.25) is 4.79 Å². The van der Waals surface area contributed by atoms with Crippen LogP contribution in [0, 0.1) is 5.92 Å². The standard InChI is InChI=1S/C12H22N6O/c1-8(2)18-11(15-16-17-18)7-14-10-6-4-3-5-9(10)12(13)19/h8-10,14H,3-7H2,1-2H3,(H2,13,19)/t9-,10+/m1/s1. The molecule has 0 bridgehead atoms. The zero-order valence-corrected chi connectivity index (χ0v) is 11.5. The Morgan fingerprint density at radius 3 is 2.89 bits per heavy atom. The van der Waals surface area contributed by atoms with Gasteiger partial charge in [-0.15, -0.1) is 5.10 Å². The van der Waals surface area contributed by atoms with E-state index in [2.05, 4.69) is 20.8 Å². The Labute approximate surface area is 112 Å². The molecule has 7 nitrogen and oxygen atoms in total. The largest absolute Gasteiger partial charge is 0.369 e. The van der Waals surface area contributed by atoms with Gasteiger partial charge in [-0.05, 0) is 37.1 Å². The number of aromatic nitrogens is 4. The Morgan fingerprint density at radius 2 is 2.21 bits per heavy atom. The van der Waals surface area contributed by atoms with Crippen LogP contribution in [0.2, 0.25) is 0 Å². The lowest BCUT2D eigenvalue weighted by atomic mass is 9.84. The summed E-state index contributed by atoms with van der Waals surface area (Å²) in [6.07, 6.45) is 4.07. The molecule has 1 aliphatic rings. The second-order valence-electron chi connectivity index (χ2n) is 5.41. The third-order valence-corrected chi connectivity index (χ3v) is 3.70. The van der Waals surface area contributed by atoms with Crippen molar-refractivity contribution in [1.29, 1.82) is 0 Å². The summed E-state index contributed by atoms with van der Waals surface area (Å²) in [4.78, 5) is 11.4. The van der Waals surface area contributed by atoms with Gasteiger partial charge in [-0.1, -0.05) is 12.8 Å². The summed E-state index contributed by atoms with van der Waals surface area (Å²) >= 11 is 0.